The molecule has 1 aromatic heterocycles. The van der Waals surface area contributed by atoms with E-state index < -0.39 is 0 Å². The number of thioether (sulfide) groups is 1. The molecule has 29 heavy (non-hydrogen) atoms. The number of para-hydroxylation sites is 1. The van der Waals surface area contributed by atoms with E-state index in [0.29, 0.717) is 39.1 Å². The number of hydrogen-bond acceptors (Lipinski definition) is 5. The molecule has 3 rings (SSSR count). The maximum atomic E-state index is 12.9. The van der Waals surface area contributed by atoms with Crippen LogP contribution >= 0.6 is 23.4 Å². The summed E-state index contributed by atoms with van der Waals surface area (Å²) in [6.45, 7) is 4.60. The fourth-order valence-electron chi connectivity index (χ4n) is 2.88. The van der Waals surface area contributed by atoms with E-state index in [1.54, 1.807) is 34.9 Å². The first-order valence-electron chi connectivity index (χ1n) is 9.14. The van der Waals surface area contributed by atoms with Crippen LogP contribution in [0.5, 0.6) is 5.75 Å². The van der Waals surface area contributed by atoms with Crippen molar-refractivity contribution >= 4 is 45.9 Å². The van der Waals surface area contributed by atoms with Gasteiger partial charge in [0, 0.05) is 11.6 Å². The van der Waals surface area contributed by atoms with Crippen LogP contribution < -0.4 is 15.6 Å². The Morgan fingerprint density at radius 1 is 1.28 bits per heavy atom. The number of rotatable bonds is 7. The number of carbonyl (C=O) groups is 1. The molecule has 8 heteroatoms. The highest BCUT2D eigenvalue weighted by Crippen LogP contribution is 2.28. The van der Waals surface area contributed by atoms with Gasteiger partial charge in [-0.1, -0.05) is 49.3 Å². The number of nitrogens with zero attached hydrogens (tertiary/aromatic N) is 2. The highest BCUT2D eigenvalue weighted by atomic mass is 35.5. The summed E-state index contributed by atoms with van der Waals surface area (Å²) in [5, 5.41) is 4.39. The zero-order valence-electron chi connectivity index (χ0n) is 16.4. The van der Waals surface area contributed by atoms with Crippen LogP contribution in [0.2, 0.25) is 5.02 Å². The van der Waals surface area contributed by atoms with Crippen molar-refractivity contribution < 1.29 is 9.53 Å². The van der Waals surface area contributed by atoms with Gasteiger partial charge in [-0.15, -0.1) is 0 Å². The number of benzene rings is 2. The quantitative estimate of drug-likeness (QED) is 0.442. The number of methoxy groups -OCH3 is 1. The zero-order chi connectivity index (χ0) is 21.0. The maximum absolute atomic E-state index is 12.9. The number of nitrogens with one attached hydrogen (secondary N) is 1. The minimum absolute atomic E-state index is 0.0938. The Labute approximate surface area is 178 Å². The average Bonchev–Trinajstić information content (AvgIpc) is 2.69. The lowest BCUT2D eigenvalue weighted by atomic mass is 10.2. The van der Waals surface area contributed by atoms with Crippen LogP contribution in [0.1, 0.15) is 13.8 Å². The summed E-state index contributed by atoms with van der Waals surface area (Å²) < 4.78 is 6.90. The predicted molar refractivity (Wildman–Crippen MR) is 118 cm³/mol. The molecule has 0 atom stereocenters. The summed E-state index contributed by atoms with van der Waals surface area (Å²) in [5.41, 5.74) is 1.03. The van der Waals surface area contributed by atoms with Crippen molar-refractivity contribution in [1.82, 2.24) is 9.55 Å². The molecule has 3 aromatic rings. The summed E-state index contributed by atoms with van der Waals surface area (Å²) in [5.74, 6) is 0.639. The van der Waals surface area contributed by atoms with Gasteiger partial charge in [-0.3, -0.25) is 14.2 Å². The third-order valence-electron chi connectivity index (χ3n) is 4.14. The number of aromatic nitrogens is 2. The van der Waals surface area contributed by atoms with E-state index in [0.717, 1.165) is 0 Å². The van der Waals surface area contributed by atoms with Crippen molar-refractivity contribution in [2.24, 2.45) is 5.92 Å². The highest BCUT2D eigenvalue weighted by molar-refractivity contribution is 7.99. The molecule has 0 bridgehead atoms. The van der Waals surface area contributed by atoms with Gasteiger partial charge in [0.05, 0.1) is 29.5 Å². The molecule has 1 heterocycles. The molecule has 0 spiro atoms. The summed E-state index contributed by atoms with van der Waals surface area (Å²) in [6.07, 6.45) is 0. The van der Waals surface area contributed by atoms with Crippen LogP contribution in [0.3, 0.4) is 0 Å². The van der Waals surface area contributed by atoms with Crippen molar-refractivity contribution in [2.75, 3.05) is 18.2 Å². The minimum atomic E-state index is -0.242. The number of anilines is 1. The van der Waals surface area contributed by atoms with Crippen molar-refractivity contribution in [3.05, 3.63) is 57.8 Å². The second-order valence-corrected chi connectivity index (χ2v) is 8.28. The second kappa shape index (κ2) is 9.33. The summed E-state index contributed by atoms with van der Waals surface area (Å²) in [7, 11) is 1.53. The largest absolute Gasteiger partial charge is 0.495 e. The Morgan fingerprint density at radius 3 is 2.76 bits per heavy atom. The maximum Gasteiger partial charge on any atom is 0.262 e. The fraction of sp³-hybridized carbons (Fsp3) is 0.286. The number of carbonyl (C=O) groups excluding carboxylic acids is 1. The van der Waals surface area contributed by atoms with E-state index in [4.69, 9.17) is 16.3 Å². The van der Waals surface area contributed by atoms with Gasteiger partial charge in [-0.05, 0) is 36.2 Å². The average molecular weight is 432 g/mol. The number of hydrogen-bond donors (Lipinski definition) is 1. The minimum Gasteiger partial charge on any atom is -0.495 e. The molecule has 152 valence electrons. The molecular formula is C21H22ClN3O3S. The Balaban J connectivity index is 1.83. The molecule has 0 aliphatic carbocycles. The Morgan fingerprint density at radius 2 is 2.03 bits per heavy atom. The Kier molecular flexibility index (Phi) is 6.82. The fourth-order valence-corrected chi connectivity index (χ4v) is 3.86. The zero-order valence-corrected chi connectivity index (χ0v) is 18.0. The van der Waals surface area contributed by atoms with Gasteiger partial charge in [0.25, 0.3) is 5.56 Å². The lowest BCUT2D eigenvalue weighted by molar-refractivity contribution is -0.113. The number of halogens is 1. The summed E-state index contributed by atoms with van der Waals surface area (Å²) in [4.78, 5) is 30.0. The van der Waals surface area contributed by atoms with Crippen LogP contribution in [0.4, 0.5) is 5.69 Å². The topological polar surface area (TPSA) is 73.2 Å². The Hall–Kier alpha value is -2.51. The number of amides is 1. The predicted octanol–water partition coefficient (Wildman–Crippen LogP) is 4.45. The van der Waals surface area contributed by atoms with Gasteiger partial charge < -0.3 is 10.1 Å². The van der Waals surface area contributed by atoms with Gasteiger partial charge in [0.1, 0.15) is 5.75 Å². The van der Waals surface area contributed by atoms with E-state index in [9.17, 15) is 9.59 Å². The molecule has 2 aromatic carbocycles. The summed E-state index contributed by atoms with van der Waals surface area (Å²) >= 11 is 7.24. The standard InChI is InChI=1S/C21H22ClN3O3S/c1-13(2)11-25-20(27)15-6-4-5-7-16(15)24-21(25)29-12-19(26)23-17-10-14(22)8-9-18(17)28-3/h4-10,13H,11-12H2,1-3H3,(H,23,26). The first-order valence-corrected chi connectivity index (χ1v) is 10.5. The van der Waals surface area contributed by atoms with Crippen molar-refractivity contribution in [1.29, 1.82) is 0 Å². The van der Waals surface area contributed by atoms with E-state index in [-0.39, 0.29) is 23.1 Å². The first kappa shape index (κ1) is 21.2. The molecule has 0 saturated heterocycles. The molecule has 0 aliphatic heterocycles. The molecule has 6 nitrogen and oxygen atoms in total. The molecule has 0 aliphatic rings. The monoisotopic (exact) mass is 431 g/mol. The second-order valence-electron chi connectivity index (χ2n) is 6.90. The lowest BCUT2D eigenvalue weighted by Crippen LogP contribution is -2.26. The number of ether oxygens (including phenoxy) is 1. The van der Waals surface area contributed by atoms with Crippen LogP contribution in [-0.4, -0.2) is 28.3 Å². The van der Waals surface area contributed by atoms with E-state index >= 15 is 0 Å². The molecular weight excluding hydrogens is 410 g/mol. The van der Waals surface area contributed by atoms with Crippen molar-refractivity contribution in [3.63, 3.8) is 0 Å². The lowest BCUT2D eigenvalue weighted by Gasteiger charge is -2.15. The third-order valence-corrected chi connectivity index (χ3v) is 5.35. The molecule has 1 N–H and O–H groups in total. The van der Waals surface area contributed by atoms with E-state index in [1.165, 1.54) is 18.9 Å². The van der Waals surface area contributed by atoms with Crippen LogP contribution in [-0.2, 0) is 11.3 Å². The van der Waals surface area contributed by atoms with Crippen molar-refractivity contribution in [2.45, 2.75) is 25.5 Å². The van der Waals surface area contributed by atoms with E-state index in [1.807, 2.05) is 26.0 Å². The van der Waals surface area contributed by atoms with Crippen molar-refractivity contribution in [3.8, 4) is 5.75 Å². The molecule has 0 saturated carbocycles. The van der Waals surface area contributed by atoms with Crippen LogP contribution in [0.25, 0.3) is 10.9 Å². The SMILES string of the molecule is COc1ccc(Cl)cc1NC(=O)CSc1nc2ccccc2c(=O)n1CC(C)C. The van der Waals surface area contributed by atoms with Gasteiger partial charge in [0.15, 0.2) is 5.16 Å². The van der Waals surface area contributed by atoms with Crippen LogP contribution in [0.15, 0.2) is 52.4 Å². The Bertz CT molecular complexity index is 1100. The summed E-state index contributed by atoms with van der Waals surface area (Å²) in [6, 6.07) is 12.2. The first-order chi connectivity index (χ1) is 13.9. The smallest absolute Gasteiger partial charge is 0.262 e. The van der Waals surface area contributed by atoms with Gasteiger partial charge in [-0.2, -0.15) is 0 Å². The normalized spacial score (nSPS) is 11.1. The van der Waals surface area contributed by atoms with Gasteiger partial charge >= 0.3 is 0 Å². The van der Waals surface area contributed by atoms with Gasteiger partial charge in [-0.25, -0.2) is 4.98 Å². The van der Waals surface area contributed by atoms with E-state index in [2.05, 4.69) is 10.3 Å². The third kappa shape index (κ3) is 5.10. The molecule has 0 unspecified atom stereocenters. The van der Waals surface area contributed by atoms with Crippen LogP contribution in [0, 0.1) is 5.92 Å². The molecule has 0 fully saturated rings. The molecule has 0 radical (unpaired) electrons. The molecule has 1 amide bonds. The van der Waals surface area contributed by atoms with Gasteiger partial charge in [0.2, 0.25) is 5.91 Å². The number of fused-ring (bicyclic) bond motifs is 1. The highest BCUT2D eigenvalue weighted by Gasteiger charge is 2.15.